The molecule has 0 radical (unpaired) electrons. The minimum Gasteiger partial charge on any atom is -0.454 e. The number of esters is 1. The first kappa shape index (κ1) is 22.3. The second-order valence-corrected chi connectivity index (χ2v) is 6.98. The zero-order valence-corrected chi connectivity index (χ0v) is 16.7. The minimum absolute atomic E-state index is 0.0653. The molecular formula is C18H19F3N7O3+. The quantitative estimate of drug-likeness (QED) is 0.452. The van der Waals surface area contributed by atoms with E-state index in [1.54, 1.807) is 11.5 Å². The number of alkyl halides is 3. The van der Waals surface area contributed by atoms with E-state index >= 15 is 0 Å². The summed E-state index contributed by atoms with van der Waals surface area (Å²) in [5.74, 6) is 3.56. The van der Waals surface area contributed by atoms with E-state index in [1.807, 2.05) is 6.07 Å². The van der Waals surface area contributed by atoms with Gasteiger partial charge in [0, 0.05) is 13.5 Å². The van der Waals surface area contributed by atoms with Crippen LogP contribution in [0.25, 0.3) is 11.2 Å². The van der Waals surface area contributed by atoms with Crippen molar-refractivity contribution in [1.82, 2.24) is 19.1 Å². The fourth-order valence-corrected chi connectivity index (χ4v) is 3.44. The summed E-state index contributed by atoms with van der Waals surface area (Å²) < 4.78 is 44.6. The minimum atomic E-state index is -5.10. The van der Waals surface area contributed by atoms with Crippen LogP contribution in [0.5, 0.6) is 0 Å². The molecule has 1 aliphatic heterocycles. The second-order valence-electron chi connectivity index (χ2n) is 6.98. The van der Waals surface area contributed by atoms with Crippen LogP contribution in [0.1, 0.15) is 19.2 Å². The van der Waals surface area contributed by atoms with Gasteiger partial charge in [0.05, 0.1) is 19.1 Å². The lowest BCUT2D eigenvalue weighted by Gasteiger charge is -2.32. The number of halogens is 3. The van der Waals surface area contributed by atoms with Crippen molar-refractivity contribution in [3.8, 4) is 17.9 Å². The van der Waals surface area contributed by atoms with Gasteiger partial charge in [0.25, 0.3) is 5.56 Å². The molecule has 3 atom stereocenters. The maximum Gasteiger partial charge on any atom is 0.490 e. The van der Waals surface area contributed by atoms with Crippen molar-refractivity contribution in [2.24, 2.45) is 12.8 Å². The van der Waals surface area contributed by atoms with Gasteiger partial charge in [-0.15, -0.1) is 5.92 Å². The van der Waals surface area contributed by atoms with Gasteiger partial charge in [-0.2, -0.15) is 28.4 Å². The molecule has 10 nitrogen and oxygen atoms in total. The molecule has 31 heavy (non-hydrogen) atoms. The highest BCUT2D eigenvalue weighted by atomic mass is 19.4. The average Bonchev–Trinajstić information content (AvgIpc) is 3.08. The molecule has 0 aromatic carbocycles. The fraction of sp³-hybridized carbons (Fsp3) is 0.500. The van der Waals surface area contributed by atoms with Crippen molar-refractivity contribution in [3.63, 3.8) is 0 Å². The number of nitrogens with zero attached hydrogens (tertiary/aromatic N) is 5. The number of rotatable bonds is 3. The van der Waals surface area contributed by atoms with Crippen molar-refractivity contribution >= 4 is 23.1 Å². The van der Waals surface area contributed by atoms with Gasteiger partial charge >= 0.3 is 18.1 Å². The third-order valence-corrected chi connectivity index (χ3v) is 5.00. The molecule has 1 fully saturated rings. The maximum atomic E-state index is 12.8. The number of aromatic nitrogens is 4. The van der Waals surface area contributed by atoms with Crippen molar-refractivity contribution in [1.29, 1.82) is 5.26 Å². The first-order valence-corrected chi connectivity index (χ1v) is 9.23. The lowest BCUT2D eigenvalue weighted by molar-refractivity contribution is -0.846. The van der Waals surface area contributed by atoms with Crippen molar-refractivity contribution < 1.29 is 27.6 Å². The number of hydrogen-bond donors (Lipinski definition) is 2. The van der Waals surface area contributed by atoms with E-state index < -0.39 is 29.9 Å². The van der Waals surface area contributed by atoms with Crippen LogP contribution in [0.4, 0.5) is 19.1 Å². The maximum absolute atomic E-state index is 12.8. The topological polar surface area (TPSA) is 133 Å². The number of imidazole rings is 1. The molecule has 3 rings (SSSR count). The molecule has 1 saturated heterocycles. The number of fused-ring (bicyclic) bond motifs is 1. The fourth-order valence-electron chi connectivity index (χ4n) is 3.44. The largest absolute Gasteiger partial charge is 0.490 e. The molecule has 0 bridgehead atoms. The molecular weight excluding hydrogens is 419 g/mol. The number of ether oxygens (including phenoxy) is 1. The van der Waals surface area contributed by atoms with E-state index in [4.69, 9.17) is 5.73 Å². The monoisotopic (exact) mass is 438 g/mol. The third-order valence-electron chi connectivity index (χ3n) is 5.00. The highest BCUT2D eigenvalue weighted by molar-refractivity contribution is 5.76. The van der Waals surface area contributed by atoms with E-state index in [0.29, 0.717) is 10.8 Å². The van der Waals surface area contributed by atoms with E-state index in [0.717, 1.165) is 4.57 Å². The molecule has 2 aromatic rings. The Bertz CT molecular complexity index is 1180. The molecule has 13 heteroatoms. The van der Waals surface area contributed by atoms with Crippen LogP contribution in [0.2, 0.25) is 0 Å². The lowest BCUT2D eigenvalue weighted by Crippen LogP contribution is -3.11. The third kappa shape index (κ3) is 4.23. The van der Waals surface area contributed by atoms with Gasteiger partial charge < -0.3 is 10.5 Å². The van der Waals surface area contributed by atoms with Gasteiger partial charge in [-0.1, -0.05) is 5.92 Å². The zero-order chi connectivity index (χ0) is 22.9. The van der Waals surface area contributed by atoms with Crippen molar-refractivity contribution in [2.75, 3.05) is 13.1 Å². The Balaban J connectivity index is 1.96. The number of carbonyl (C=O) groups is 1. The van der Waals surface area contributed by atoms with Crippen molar-refractivity contribution in [3.05, 3.63) is 16.2 Å². The van der Waals surface area contributed by atoms with Gasteiger partial charge in [0.1, 0.15) is 18.7 Å². The summed E-state index contributed by atoms with van der Waals surface area (Å²) >= 11 is 0. The average molecular weight is 438 g/mol. The Morgan fingerprint density at radius 2 is 2.13 bits per heavy atom. The van der Waals surface area contributed by atoms with Crippen LogP contribution >= 0.6 is 0 Å². The summed E-state index contributed by atoms with van der Waals surface area (Å²) in [7, 11) is 1.42. The Hall–Kier alpha value is -3.42. The molecule has 1 aliphatic rings. The van der Waals surface area contributed by atoms with E-state index in [1.165, 1.54) is 7.05 Å². The summed E-state index contributed by atoms with van der Waals surface area (Å²) in [6.07, 6.45) is -6.13. The van der Waals surface area contributed by atoms with Crippen LogP contribution in [-0.4, -0.2) is 56.5 Å². The Kier molecular flexibility index (Phi) is 6.01. The zero-order valence-electron chi connectivity index (χ0n) is 16.7. The summed E-state index contributed by atoms with van der Waals surface area (Å²) in [4.78, 5) is 33.1. The highest BCUT2D eigenvalue weighted by Crippen LogP contribution is 2.20. The van der Waals surface area contributed by atoms with Crippen LogP contribution < -0.4 is 16.2 Å². The number of nitrogens with one attached hydrogen (secondary N) is 1. The molecule has 0 amide bonds. The van der Waals surface area contributed by atoms with Gasteiger partial charge in [-0.05, 0) is 6.92 Å². The molecule has 2 aromatic heterocycles. The second kappa shape index (κ2) is 8.37. The molecule has 3 N–H and O–H groups in total. The number of nitriles is 1. The van der Waals surface area contributed by atoms with Gasteiger partial charge in [-0.25, -0.2) is 4.79 Å². The predicted molar refractivity (Wildman–Crippen MR) is 99.8 cm³/mol. The molecule has 3 unspecified atom stereocenters. The normalized spacial score (nSPS) is 21.3. The predicted octanol–water partition coefficient (Wildman–Crippen LogP) is -1.25. The van der Waals surface area contributed by atoms with Crippen LogP contribution in [0, 0.1) is 23.2 Å². The van der Waals surface area contributed by atoms with E-state index in [2.05, 4.69) is 26.5 Å². The number of carbonyl (C=O) groups excluding carboxylic acids is 1. The summed E-state index contributed by atoms with van der Waals surface area (Å²) in [5, 5.41) is 9.19. The molecule has 0 saturated carbocycles. The summed E-state index contributed by atoms with van der Waals surface area (Å²) in [5.41, 5.74) is 5.74. The smallest absolute Gasteiger partial charge is 0.454 e. The van der Waals surface area contributed by atoms with Crippen molar-refractivity contribution in [2.45, 2.75) is 38.2 Å². The van der Waals surface area contributed by atoms with E-state index in [-0.39, 0.29) is 43.0 Å². The lowest BCUT2D eigenvalue weighted by atomic mass is 10.0. The van der Waals surface area contributed by atoms with Gasteiger partial charge in [0.2, 0.25) is 5.82 Å². The van der Waals surface area contributed by atoms with E-state index in [9.17, 15) is 28.0 Å². The molecule has 0 aliphatic carbocycles. The summed E-state index contributed by atoms with van der Waals surface area (Å²) in [6, 6.07) is 0.947. The van der Waals surface area contributed by atoms with Crippen LogP contribution in [0.3, 0.4) is 0 Å². The van der Waals surface area contributed by atoms with Crippen LogP contribution in [0.15, 0.2) is 4.79 Å². The van der Waals surface area contributed by atoms with Gasteiger partial charge in [0.15, 0.2) is 11.2 Å². The molecule has 3 heterocycles. The highest BCUT2D eigenvalue weighted by Gasteiger charge is 2.45. The Morgan fingerprint density at radius 3 is 2.71 bits per heavy atom. The van der Waals surface area contributed by atoms with Gasteiger partial charge in [-0.3, -0.25) is 18.8 Å². The Labute approximate surface area is 174 Å². The number of quaternary nitrogens is 1. The number of hydrogen-bond acceptors (Lipinski definition) is 7. The first-order valence-electron chi connectivity index (χ1n) is 9.23. The molecule has 164 valence electrons. The number of nitrogens with two attached hydrogens (primary N) is 1. The molecule has 0 spiro atoms. The SMILES string of the molecule is CC#CCn1c([NH+]2CCC(OC(=O)C(F)(F)F)C(N)C2)nc2nc(C#N)n(C)c(=O)c21. The first-order chi connectivity index (χ1) is 14.6. The standard InChI is InChI=1S/C18H18F3N7O3/c1-3-4-6-28-13-14(24-12(8-22)26(2)15(13)29)25-17(28)27-7-5-11(10(23)9-27)31-16(30)18(19,20)21/h10-11H,5-7,9,23H2,1-2H3/p+1. The Morgan fingerprint density at radius 1 is 1.42 bits per heavy atom. The summed E-state index contributed by atoms with van der Waals surface area (Å²) in [6.45, 7) is 2.10. The number of piperidine rings is 1. The van der Waals surface area contributed by atoms with Crippen LogP contribution in [-0.2, 0) is 23.1 Å².